The van der Waals surface area contributed by atoms with Gasteiger partial charge in [0, 0.05) is 28.3 Å². The fourth-order valence-electron chi connectivity index (χ4n) is 2.90. The lowest BCUT2D eigenvalue weighted by Crippen LogP contribution is -2.32. The smallest absolute Gasteiger partial charge is 0.0620 e. The van der Waals surface area contributed by atoms with Crippen LogP contribution in [0.3, 0.4) is 0 Å². The van der Waals surface area contributed by atoms with E-state index < -0.39 is 0 Å². The van der Waals surface area contributed by atoms with Crippen LogP contribution < -0.4 is 5.32 Å². The lowest BCUT2D eigenvalue weighted by molar-refractivity contribution is 0.0779. The maximum absolute atomic E-state index is 5.86. The SMILES string of the molecule is CCNC(c1ccc(CC)s1)C1CCOC1CC. The highest BCUT2D eigenvalue weighted by Crippen LogP contribution is 2.37. The Morgan fingerprint density at radius 2 is 2.22 bits per heavy atom. The molecule has 0 amide bonds. The molecule has 1 aliphatic heterocycles. The zero-order valence-corrected chi connectivity index (χ0v) is 12.6. The van der Waals surface area contributed by atoms with E-state index in [-0.39, 0.29) is 0 Å². The van der Waals surface area contributed by atoms with Gasteiger partial charge < -0.3 is 10.1 Å². The van der Waals surface area contributed by atoms with Gasteiger partial charge in [-0.05, 0) is 37.9 Å². The maximum atomic E-state index is 5.86. The molecule has 2 rings (SSSR count). The molecule has 1 saturated heterocycles. The number of hydrogen-bond acceptors (Lipinski definition) is 3. The minimum atomic E-state index is 0.432. The summed E-state index contributed by atoms with van der Waals surface area (Å²) in [6, 6.07) is 5.07. The van der Waals surface area contributed by atoms with Gasteiger partial charge in [-0.1, -0.05) is 20.8 Å². The van der Waals surface area contributed by atoms with Crippen molar-refractivity contribution < 1.29 is 4.74 Å². The number of nitrogens with one attached hydrogen (secondary N) is 1. The number of rotatable bonds is 6. The van der Waals surface area contributed by atoms with E-state index in [0.29, 0.717) is 18.1 Å². The Morgan fingerprint density at radius 3 is 2.83 bits per heavy atom. The Bertz CT molecular complexity index is 363. The Morgan fingerprint density at radius 1 is 1.39 bits per heavy atom. The molecule has 0 radical (unpaired) electrons. The Balaban J connectivity index is 2.16. The highest BCUT2D eigenvalue weighted by atomic mass is 32.1. The van der Waals surface area contributed by atoms with Crippen molar-refractivity contribution in [2.45, 2.75) is 52.2 Å². The molecule has 2 heterocycles. The fourth-order valence-corrected chi connectivity index (χ4v) is 4.01. The molecule has 0 aliphatic carbocycles. The molecular formula is C15H25NOS. The standard InChI is InChI=1S/C15H25NOS/c1-4-11-7-8-14(18-11)15(16-6-3)12-9-10-17-13(12)5-2/h7-8,12-13,15-16H,4-6,9-10H2,1-3H3. The van der Waals surface area contributed by atoms with Crippen LogP contribution in [-0.4, -0.2) is 19.3 Å². The minimum absolute atomic E-state index is 0.432. The first kappa shape index (κ1) is 14.0. The van der Waals surface area contributed by atoms with Gasteiger partial charge in [0.25, 0.3) is 0 Å². The predicted octanol–water partition coefficient (Wildman–Crippen LogP) is 3.78. The summed E-state index contributed by atoms with van der Waals surface area (Å²) in [6.45, 7) is 8.61. The average molecular weight is 267 g/mol. The zero-order valence-electron chi connectivity index (χ0n) is 11.7. The maximum Gasteiger partial charge on any atom is 0.0620 e. The van der Waals surface area contributed by atoms with Gasteiger partial charge >= 0.3 is 0 Å². The van der Waals surface area contributed by atoms with Crippen LogP contribution in [0.25, 0.3) is 0 Å². The van der Waals surface area contributed by atoms with Crippen molar-refractivity contribution in [3.8, 4) is 0 Å². The van der Waals surface area contributed by atoms with E-state index in [1.54, 1.807) is 0 Å². The van der Waals surface area contributed by atoms with Crippen molar-refractivity contribution in [2.75, 3.05) is 13.2 Å². The summed E-state index contributed by atoms with van der Waals surface area (Å²) in [5.74, 6) is 0.637. The van der Waals surface area contributed by atoms with Crippen molar-refractivity contribution in [1.82, 2.24) is 5.32 Å². The molecule has 0 spiro atoms. The molecule has 0 aromatic carbocycles. The van der Waals surface area contributed by atoms with Crippen molar-refractivity contribution >= 4 is 11.3 Å². The third-order valence-corrected chi connectivity index (χ3v) is 5.17. The van der Waals surface area contributed by atoms with E-state index in [2.05, 4.69) is 38.2 Å². The molecule has 1 aromatic heterocycles. The highest BCUT2D eigenvalue weighted by molar-refractivity contribution is 7.12. The van der Waals surface area contributed by atoms with Gasteiger partial charge in [-0.15, -0.1) is 11.3 Å². The topological polar surface area (TPSA) is 21.3 Å². The molecule has 2 nitrogen and oxygen atoms in total. The Hall–Kier alpha value is -0.380. The molecule has 3 heteroatoms. The van der Waals surface area contributed by atoms with Gasteiger partial charge in [-0.3, -0.25) is 0 Å². The number of ether oxygens (including phenoxy) is 1. The molecule has 1 N–H and O–H groups in total. The van der Waals surface area contributed by atoms with Crippen LogP contribution in [0.1, 0.15) is 49.4 Å². The fraction of sp³-hybridized carbons (Fsp3) is 0.733. The number of hydrogen-bond donors (Lipinski definition) is 1. The van der Waals surface area contributed by atoms with Crippen LogP contribution in [0.4, 0.5) is 0 Å². The zero-order chi connectivity index (χ0) is 13.0. The van der Waals surface area contributed by atoms with Gasteiger partial charge in [0.05, 0.1) is 6.10 Å². The molecule has 102 valence electrons. The second-order valence-corrected chi connectivity index (χ2v) is 6.16. The van der Waals surface area contributed by atoms with Crippen molar-refractivity contribution in [3.63, 3.8) is 0 Å². The van der Waals surface area contributed by atoms with E-state index in [1.165, 1.54) is 16.2 Å². The molecule has 0 bridgehead atoms. The Kier molecular flexibility index (Phi) is 5.22. The summed E-state index contributed by atoms with van der Waals surface area (Å²) in [5.41, 5.74) is 0. The molecular weight excluding hydrogens is 242 g/mol. The quantitative estimate of drug-likeness (QED) is 0.847. The summed E-state index contributed by atoms with van der Waals surface area (Å²) >= 11 is 1.96. The van der Waals surface area contributed by atoms with Crippen molar-refractivity contribution in [1.29, 1.82) is 0 Å². The molecule has 1 aliphatic rings. The van der Waals surface area contributed by atoms with Gasteiger partial charge in [0.15, 0.2) is 0 Å². The van der Waals surface area contributed by atoms with E-state index in [9.17, 15) is 0 Å². The summed E-state index contributed by atoms with van der Waals surface area (Å²) in [6.07, 6.45) is 3.89. The molecule has 3 unspecified atom stereocenters. The van der Waals surface area contributed by atoms with E-state index in [1.807, 2.05) is 11.3 Å². The highest BCUT2D eigenvalue weighted by Gasteiger charge is 2.34. The van der Waals surface area contributed by atoms with Crippen molar-refractivity contribution in [3.05, 3.63) is 21.9 Å². The second-order valence-electron chi connectivity index (χ2n) is 4.96. The van der Waals surface area contributed by atoms with Crippen molar-refractivity contribution in [2.24, 2.45) is 5.92 Å². The number of aryl methyl sites for hydroxylation is 1. The van der Waals surface area contributed by atoms with Gasteiger partial charge in [0.1, 0.15) is 0 Å². The van der Waals surface area contributed by atoms with Crippen LogP contribution in [0.15, 0.2) is 12.1 Å². The lowest BCUT2D eigenvalue weighted by Gasteiger charge is -2.27. The first-order valence-electron chi connectivity index (χ1n) is 7.23. The summed E-state index contributed by atoms with van der Waals surface area (Å²) in [4.78, 5) is 2.97. The van der Waals surface area contributed by atoms with Gasteiger partial charge in [0.2, 0.25) is 0 Å². The number of thiophene rings is 1. The normalized spacial score (nSPS) is 25.5. The monoisotopic (exact) mass is 267 g/mol. The second kappa shape index (κ2) is 6.69. The van der Waals surface area contributed by atoms with Crippen LogP contribution in [0.5, 0.6) is 0 Å². The largest absolute Gasteiger partial charge is 0.378 e. The minimum Gasteiger partial charge on any atom is -0.378 e. The molecule has 1 fully saturated rings. The summed E-state index contributed by atoms with van der Waals surface area (Å²) in [5, 5.41) is 3.67. The molecule has 0 saturated carbocycles. The van der Waals surface area contributed by atoms with E-state index in [0.717, 1.165) is 26.0 Å². The third kappa shape index (κ3) is 2.95. The lowest BCUT2D eigenvalue weighted by atomic mass is 9.90. The molecule has 18 heavy (non-hydrogen) atoms. The first-order chi connectivity index (χ1) is 8.80. The van der Waals surface area contributed by atoms with E-state index >= 15 is 0 Å². The third-order valence-electron chi connectivity index (χ3n) is 3.85. The van der Waals surface area contributed by atoms with E-state index in [4.69, 9.17) is 4.74 Å². The Labute approximate surface area is 115 Å². The van der Waals surface area contributed by atoms with Gasteiger partial charge in [-0.2, -0.15) is 0 Å². The molecule has 1 aromatic rings. The van der Waals surface area contributed by atoms with Crippen LogP contribution in [0.2, 0.25) is 0 Å². The predicted molar refractivity (Wildman–Crippen MR) is 78.3 cm³/mol. The summed E-state index contributed by atoms with van der Waals surface area (Å²) < 4.78 is 5.86. The van der Waals surface area contributed by atoms with Crippen LogP contribution >= 0.6 is 11.3 Å². The van der Waals surface area contributed by atoms with Crippen LogP contribution in [-0.2, 0) is 11.2 Å². The summed E-state index contributed by atoms with van der Waals surface area (Å²) in [7, 11) is 0. The van der Waals surface area contributed by atoms with Gasteiger partial charge in [-0.25, -0.2) is 0 Å². The molecule has 3 atom stereocenters. The first-order valence-corrected chi connectivity index (χ1v) is 8.05. The van der Waals surface area contributed by atoms with Crippen LogP contribution in [0, 0.1) is 5.92 Å². The average Bonchev–Trinajstić information content (AvgIpc) is 3.04.